The zero-order valence-electron chi connectivity index (χ0n) is 11.1. The van der Waals surface area contributed by atoms with Gasteiger partial charge in [0.25, 0.3) is 0 Å². The van der Waals surface area contributed by atoms with Gasteiger partial charge in [-0.25, -0.2) is 9.97 Å². The lowest BCUT2D eigenvalue weighted by Crippen LogP contribution is -2.27. The van der Waals surface area contributed by atoms with Crippen molar-refractivity contribution in [2.24, 2.45) is 0 Å². The minimum Gasteiger partial charge on any atom is -0.384 e. The Morgan fingerprint density at radius 2 is 1.89 bits per heavy atom. The van der Waals surface area contributed by atoms with E-state index >= 15 is 0 Å². The lowest BCUT2D eigenvalue weighted by atomic mass is 10.3. The smallest absolute Gasteiger partial charge is 0.134 e. The standard InChI is InChI=1S/C12H20N4O2/c1-4-11-14-10(13)5-12(15-11)16-6-8(17-2)9(7-16)18-3/h5,8-9H,4,6-7H2,1-3H3,(H2,13,14,15). The third-order valence-electron chi connectivity index (χ3n) is 3.24. The summed E-state index contributed by atoms with van der Waals surface area (Å²) in [4.78, 5) is 10.8. The summed E-state index contributed by atoms with van der Waals surface area (Å²) in [6, 6.07) is 1.80. The topological polar surface area (TPSA) is 73.5 Å². The second kappa shape index (κ2) is 5.49. The van der Waals surface area contributed by atoms with Gasteiger partial charge in [0.2, 0.25) is 0 Å². The second-order valence-electron chi connectivity index (χ2n) is 4.37. The van der Waals surface area contributed by atoms with Gasteiger partial charge in [0.15, 0.2) is 0 Å². The highest BCUT2D eigenvalue weighted by atomic mass is 16.5. The minimum absolute atomic E-state index is 0.0660. The van der Waals surface area contributed by atoms with Crippen LogP contribution in [0.25, 0.3) is 0 Å². The van der Waals surface area contributed by atoms with Crippen LogP contribution in [-0.2, 0) is 15.9 Å². The largest absolute Gasteiger partial charge is 0.384 e. The van der Waals surface area contributed by atoms with E-state index in [-0.39, 0.29) is 12.2 Å². The van der Waals surface area contributed by atoms with Crippen LogP contribution in [0, 0.1) is 0 Å². The molecule has 1 aliphatic heterocycles. The van der Waals surface area contributed by atoms with Crippen LogP contribution in [0.2, 0.25) is 0 Å². The maximum absolute atomic E-state index is 5.80. The zero-order chi connectivity index (χ0) is 13.1. The Bertz CT molecular complexity index is 401. The van der Waals surface area contributed by atoms with E-state index in [0.717, 1.165) is 31.2 Å². The number of hydrogen-bond acceptors (Lipinski definition) is 6. The van der Waals surface area contributed by atoms with Crippen molar-refractivity contribution in [2.45, 2.75) is 25.6 Å². The van der Waals surface area contributed by atoms with E-state index in [2.05, 4.69) is 14.9 Å². The summed E-state index contributed by atoms with van der Waals surface area (Å²) in [5, 5.41) is 0. The Labute approximate surface area is 107 Å². The van der Waals surface area contributed by atoms with Gasteiger partial charge in [0.05, 0.1) is 0 Å². The second-order valence-corrected chi connectivity index (χ2v) is 4.37. The van der Waals surface area contributed by atoms with Crippen LogP contribution < -0.4 is 10.6 Å². The first-order valence-electron chi connectivity index (χ1n) is 6.11. The number of nitrogens with two attached hydrogens (primary N) is 1. The van der Waals surface area contributed by atoms with Crippen molar-refractivity contribution < 1.29 is 9.47 Å². The number of aryl methyl sites for hydroxylation is 1. The van der Waals surface area contributed by atoms with Crippen molar-refractivity contribution in [3.05, 3.63) is 11.9 Å². The molecule has 6 nitrogen and oxygen atoms in total. The van der Waals surface area contributed by atoms with Crippen LogP contribution in [-0.4, -0.2) is 49.5 Å². The molecule has 0 amide bonds. The summed E-state index contributed by atoms with van der Waals surface area (Å²) in [5.74, 6) is 2.12. The van der Waals surface area contributed by atoms with E-state index in [0.29, 0.717) is 5.82 Å². The Kier molecular flexibility index (Phi) is 3.98. The van der Waals surface area contributed by atoms with Gasteiger partial charge in [-0.05, 0) is 0 Å². The third kappa shape index (κ3) is 2.54. The van der Waals surface area contributed by atoms with E-state index in [1.54, 1.807) is 20.3 Å². The monoisotopic (exact) mass is 252 g/mol. The molecule has 0 aliphatic carbocycles. The van der Waals surface area contributed by atoms with Gasteiger partial charge in [0, 0.05) is 39.8 Å². The van der Waals surface area contributed by atoms with Crippen molar-refractivity contribution >= 4 is 11.6 Å². The predicted octanol–water partition coefficient (Wildman–Crippen LogP) is 0.471. The van der Waals surface area contributed by atoms with Gasteiger partial charge in [-0.3, -0.25) is 0 Å². The van der Waals surface area contributed by atoms with Crippen LogP contribution in [0.15, 0.2) is 6.07 Å². The summed E-state index contributed by atoms with van der Waals surface area (Å²) in [7, 11) is 3.40. The SMILES string of the molecule is CCc1nc(N)cc(N2CC(OC)C(OC)C2)n1. The summed E-state index contributed by atoms with van der Waals surface area (Å²) >= 11 is 0. The van der Waals surface area contributed by atoms with Crippen LogP contribution in [0.3, 0.4) is 0 Å². The first-order valence-corrected chi connectivity index (χ1v) is 6.11. The molecule has 0 radical (unpaired) electrons. The third-order valence-corrected chi connectivity index (χ3v) is 3.24. The molecule has 1 saturated heterocycles. The van der Waals surface area contributed by atoms with Crippen molar-refractivity contribution in [2.75, 3.05) is 37.9 Å². The zero-order valence-corrected chi connectivity index (χ0v) is 11.1. The van der Waals surface area contributed by atoms with Crippen LogP contribution in [0.1, 0.15) is 12.7 Å². The Hall–Kier alpha value is -1.40. The average molecular weight is 252 g/mol. The van der Waals surface area contributed by atoms with Gasteiger partial charge in [-0.15, -0.1) is 0 Å². The maximum Gasteiger partial charge on any atom is 0.134 e. The molecule has 0 bridgehead atoms. The maximum atomic E-state index is 5.80. The molecule has 2 N–H and O–H groups in total. The number of rotatable bonds is 4. The van der Waals surface area contributed by atoms with Crippen molar-refractivity contribution in [3.63, 3.8) is 0 Å². The Balaban J connectivity index is 2.20. The lowest BCUT2D eigenvalue weighted by Gasteiger charge is -2.17. The molecule has 1 aromatic rings. The summed E-state index contributed by atoms with van der Waals surface area (Å²) in [5.41, 5.74) is 5.80. The van der Waals surface area contributed by atoms with Gasteiger partial charge in [0.1, 0.15) is 29.7 Å². The Morgan fingerprint density at radius 1 is 1.28 bits per heavy atom. The number of aromatic nitrogens is 2. The fourth-order valence-corrected chi connectivity index (χ4v) is 2.21. The molecular formula is C12H20N4O2. The molecule has 2 atom stereocenters. The molecule has 2 heterocycles. The fourth-order valence-electron chi connectivity index (χ4n) is 2.21. The number of ether oxygens (including phenoxy) is 2. The number of anilines is 2. The van der Waals surface area contributed by atoms with Gasteiger partial charge in [-0.2, -0.15) is 0 Å². The normalized spacial score (nSPS) is 23.6. The van der Waals surface area contributed by atoms with Crippen molar-refractivity contribution in [3.8, 4) is 0 Å². The first-order chi connectivity index (χ1) is 8.67. The van der Waals surface area contributed by atoms with Gasteiger partial charge >= 0.3 is 0 Å². The van der Waals surface area contributed by atoms with Crippen LogP contribution >= 0.6 is 0 Å². The number of nitrogen functional groups attached to an aromatic ring is 1. The molecule has 2 unspecified atom stereocenters. The highest BCUT2D eigenvalue weighted by molar-refractivity contribution is 5.48. The number of nitrogens with zero attached hydrogens (tertiary/aromatic N) is 3. The molecule has 1 aliphatic rings. The lowest BCUT2D eigenvalue weighted by molar-refractivity contribution is -0.00461. The first kappa shape index (κ1) is 13.0. The summed E-state index contributed by atoms with van der Waals surface area (Å²) in [6.07, 6.45) is 0.903. The number of methoxy groups -OCH3 is 2. The summed E-state index contributed by atoms with van der Waals surface area (Å²) < 4.78 is 10.8. The van der Waals surface area contributed by atoms with Crippen LogP contribution in [0.5, 0.6) is 0 Å². The highest BCUT2D eigenvalue weighted by Gasteiger charge is 2.33. The van der Waals surface area contributed by atoms with Crippen molar-refractivity contribution in [1.29, 1.82) is 0 Å². The molecule has 2 rings (SSSR count). The van der Waals surface area contributed by atoms with E-state index < -0.39 is 0 Å². The van der Waals surface area contributed by atoms with E-state index in [1.807, 2.05) is 6.92 Å². The van der Waals surface area contributed by atoms with E-state index in [4.69, 9.17) is 15.2 Å². The fraction of sp³-hybridized carbons (Fsp3) is 0.667. The molecule has 0 aromatic carbocycles. The molecule has 18 heavy (non-hydrogen) atoms. The highest BCUT2D eigenvalue weighted by Crippen LogP contribution is 2.23. The predicted molar refractivity (Wildman–Crippen MR) is 69.6 cm³/mol. The van der Waals surface area contributed by atoms with Gasteiger partial charge in [-0.1, -0.05) is 6.92 Å². The summed E-state index contributed by atoms with van der Waals surface area (Å²) in [6.45, 7) is 3.53. The van der Waals surface area contributed by atoms with Crippen LogP contribution in [0.4, 0.5) is 11.6 Å². The Morgan fingerprint density at radius 3 is 2.39 bits per heavy atom. The molecule has 6 heteroatoms. The quantitative estimate of drug-likeness (QED) is 0.839. The molecule has 100 valence electrons. The minimum atomic E-state index is 0.0660. The molecule has 1 fully saturated rings. The number of hydrogen-bond donors (Lipinski definition) is 1. The average Bonchev–Trinajstić information content (AvgIpc) is 2.81. The van der Waals surface area contributed by atoms with E-state index in [9.17, 15) is 0 Å². The molecule has 0 spiro atoms. The van der Waals surface area contributed by atoms with E-state index in [1.165, 1.54) is 0 Å². The van der Waals surface area contributed by atoms with Crippen molar-refractivity contribution in [1.82, 2.24) is 9.97 Å². The molecular weight excluding hydrogens is 232 g/mol. The molecule has 0 saturated carbocycles. The molecule has 1 aromatic heterocycles. The van der Waals surface area contributed by atoms with Gasteiger partial charge < -0.3 is 20.1 Å².